The van der Waals surface area contributed by atoms with Gasteiger partial charge in [0.1, 0.15) is 0 Å². The number of carbonyl (C=O) groups excluding carboxylic acids is 1. The Labute approximate surface area is 93.1 Å². The van der Waals surface area contributed by atoms with Gasteiger partial charge in [0.2, 0.25) is 0 Å². The van der Waals surface area contributed by atoms with Crippen molar-refractivity contribution in [3.8, 4) is 0 Å². The van der Waals surface area contributed by atoms with E-state index >= 15 is 0 Å². The largest absolute Gasteiger partial charge is 0.466 e. The average Bonchev–Trinajstić information content (AvgIpc) is 2.14. The molecule has 0 saturated carbocycles. The third kappa shape index (κ3) is 8.43. The van der Waals surface area contributed by atoms with Crippen LogP contribution in [0.2, 0.25) is 0 Å². The predicted octanol–water partition coefficient (Wildman–Crippen LogP) is 2.78. The highest BCUT2D eigenvalue weighted by molar-refractivity contribution is 5.70. The molecule has 0 aliphatic carbocycles. The molecule has 3 nitrogen and oxygen atoms in total. The summed E-state index contributed by atoms with van der Waals surface area (Å²) in [5.74, 6) is -0.0930. The maximum absolute atomic E-state index is 11.4. The van der Waals surface area contributed by atoms with Gasteiger partial charge >= 0.3 is 5.97 Å². The van der Waals surface area contributed by atoms with Gasteiger partial charge in [0.25, 0.3) is 0 Å². The van der Waals surface area contributed by atoms with Crippen LogP contribution in [0.25, 0.3) is 0 Å². The van der Waals surface area contributed by atoms with Crippen LogP contribution in [0.3, 0.4) is 0 Å². The van der Waals surface area contributed by atoms with Crippen molar-refractivity contribution >= 4 is 5.97 Å². The fourth-order valence-corrected chi connectivity index (χ4v) is 1.24. The predicted molar refractivity (Wildman–Crippen MR) is 60.8 cm³/mol. The van der Waals surface area contributed by atoms with E-state index in [9.17, 15) is 4.79 Å². The molecule has 0 amide bonds. The molecule has 0 fully saturated rings. The Morgan fingerprint density at radius 2 is 1.93 bits per heavy atom. The minimum Gasteiger partial charge on any atom is -0.466 e. The lowest BCUT2D eigenvalue weighted by atomic mass is 9.86. The van der Waals surface area contributed by atoms with E-state index in [1.165, 1.54) is 0 Å². The van der Waals surface area contributed by atoms with E-state index in [-0.39, 0.29) is 11.4 Å². The molecular formula is C12H24O3. The van der Waals surface area contributed by atoms with Crippen LogP contribution in [-0.4, -0.2) is 26.3 Å². The zero-order chi connectivity index (χ0) is 11.7. The standard InChI is InChI=1S/C12H24O3/c1-5-6-8-15-11(13)10-12(2,3)7-9-14-4/h5-10H2,1-4H3. The Bertz CT molecular complexity index is 176. The highest BCUT2D eigenvalue weighted by Crippen LogP contribution is 2.25. The molecule has 0 spiro atoms. The summed E-state index contributed by atoms with van der Waals surface area (Å²) in [6.07, 6.45) is 3.36. The van der Waals surface area contributed by atoms with Crippen LogP contribution in [0, 0.1) is 5.41 Å². The summed E-state index contributed by atoms with van der Waals surface area (Å²) in [4.78, 5) is 11.4. The molecule has 0 saturated heterocycles. The number of esters is 1. The Balaban J connectivity index is 3.72. The van der Waals surface area contributed by atoms with Crippen molar-refractivity contribution in [3.63, 3.8) is 0 Å². The summed E-state index contributed by atoms with van der Waals surface area (Å²) in [6.45, 7) is 7.45. The lowest BCUT2D eigenvalue weighted by Crippen LogP contribution is -2.21. The Morgan fingerprint density at radius 1 is 1.27 bits per heavy atom. The Hall–Kier alpha value is -0.570. The molecule has 90 valence electrons. The van der Waals surface area contributed by atoms with Crippen LogP contribution in [0.5, 0.6) is 0 Å². The monoisotopic (exact) mass is 216 g/mol. The van der Waals surface area contributed by atoms with Crippen LogP contribution in [0.15, 0.2) is 0 Å². The van der Waals surface area contributed by atoms with E-state index in [1.807, 2.05) is 0 Å². The van der Waals surface area contributed by atoms with Gasteiger partial charge in [-0.2, -0.15) is 0 Å². The summed E-state index contributed by atoms with van der Waals surface area (Å²) in [7, 11) is 1.68. The second-order valence-corrected chi connectivity index (χ2v) is 4.66. The average molecular weight is 216 g/mol. The third-order valence-electron chi connectivity index (χ3n) is 2.37. The quantitative estimate of drug-likeness (QED) is 0.462. The second-order valence-electron chi connectivity index (χ2n) is 4.66. The van der Waals surface area contributed by atoms with Crippen molar-refractivity contribution < 1.29 is 14.3 Å². The lowest BCUT2D eigenvalue weighted by molar-refractivity contribution is -0.146. The third-order valence-corrected chi connectivity index (χ3v) is 2.37. The molecule has 0 aliphatic rings. The van der Waals surface area contributed by atoms with Gasteiger partial charge in [-0.15, -0.1) is 0 Å². The minimum atomic E-state index is -0.0930. The fourth-order valence-electron chi connectivity index (χ4n) is 1.24. The number of carbonyl (C=O) groups is 1. The van der Waals surface area contributed by atoms with E-state index in [1.54, 1.807) is 7.11 Å². The maximum atomic E-state index is 11.4. The van der Waals surface area contributed by atoms with Gasteiger partial charge in [-0.1, -0.05) is 27.2 Å². The molecule has 3 heteroatoms. The number of ether oxygens (including phenoxy) is 2. The van der Waals surface area contributed by atoms with Crippen LogP contribution in [0.1, 0.15) is 46.5 Å². The van der Waals surface area contributed by atoms with Gasteiger partial charge in [0.15, 0.2) is 0 Å². The highest BCUT2D eigenvalue weighted by atomic mass is 16.5. The van der Waals surface area contributed by atoms with E-state index in [0.717, 1.165) is 19.3 Å². The van der Waals surface area contributed by atoms with E-state index in [2.05, 4.69) is 20.8 Å². The zero-order valence-electron chi connectivity index (χ0n) is 10.5. The number of rotatable bonds is 8. The van der Waals surface area contributed by atoms with Gasteiger partial charge in [0.05, 0.1) is 13.0 Å². The van der Waals surface area contributed by atoms with E-state index in [0.29, 0.717) is 19.6 Å². The van der Waals surface area contributed by atoms with Crippen molar-refractivity contribution in [2.75, 3.05) is 20.3 Å². The number of unbranched alkanes of at least 4 members (excludes halogenated alkanes) is 1. The summed E-state index contributed by atoms with van der Waals surface area (Å²) in [5, 5.41) is 0. The van der Waals surface area contributed by atoms with E-state index < -0.39 is 0 Å². The molecule has 0 aromatic rings. The first kappa shape index (κ1) is 14.4. The molecule has 0 unspecified atom stereocenters. The number of hydrogen-bond acceptors (Lipinski definition) is 3. The molecule has 0 heterocycles. The van der Waals surface area contributed by atoms with E-state index in [4.69, 9.17) is 9.47 Å². The molecular weight excluding hydrogens is 192 g/mol. The van der Waals surface area contributed by atoms with Crippen molar-refractivity contribution in [3.05, 3.63) is 0 Å². The topological polar surface area (TPSA) is 35.5 Å². The van der Waals surface area contributed by atoms with Gasteiger partial charge in [0, 0.05) is 13.7 Å². The maximum Gasteiger partial charge on any atom is 0.306 e. The van der Waals surface area contributed by atoms with Crippen LogP contribution in [-0.2, 0) is 14.3 Å². The minimum absolute atomic E-state index is 0.0285. The summed E-state index contributed by atoms with van der Waals surface area (Å²) >= 11 is 0. The van der Waals surface area contributed by atoms with Gasteiger partial charge < -0.3 is 9.47 Å². The number of methoxy groups -OCH3 is 1. The van der Waals surface area contributed by atoms with Crippen molar-refractivity contribution in [1.29, 1.82) is 0 Å². The molecule has 0 atom stereocenters. The number of hydrogen-bond donors (Lipinski definition) is 0. The van der Waals surface area contributed by atoms with Gasteiger partial charge in [-0.05, 0) is 18.3 Å². The molecule has 0 radical (unpaired) electrons. The van der Waals surface area contributed by atoms with Crippen LogP contribution < -0.4 is 0 Å². The van der Waals surface area contributed by atoms with Crippen LogP contribution in [0.4, 0.5) is 0 Å². The molecule has 0 aliphatic heterocycles. The SMILES string of the molecule is CCCCOC(=O)CC(C)(C)CCOC. The first-order chi connectivity index (χ1) is 7.02. The lowest BCUT2D eigenvalue weighted by Gasteiger charge is -2.22. The normalized spacial score (nSPS) is 11.5. The van der Waals surface area contributed by atoms with Crippen LogP contribution >= 0.6 is 0 Å². The summed E-state index contributed by atoms with van der Waals surface area (Å²) < 4.78 is 10.1. The first-order valence-corrected chi connectivity index (χ1v) is 5.66. The Morgan fingerprint density at radius 3 is 2.47 bits per heavy atom. The molecule has 0 rings (SSSR count). The van der Waals surface area contributed by atoms with Gasteiger partial charge in [-0.3, -0.25) is 4.79 Å². The zero-order valence-corrected chi connectivity index (χ0v) is 10.5. The molecule has 0 aromatic heterocycles. The Kier molecular flexibility index (Phi) is 7.39. The second kappa shape index (κ2) is 7.69. The summed E-state index contributed by atoms with van der Waals surface area (Å²) in [6, 6.07) is 0. The summed E-state index contributed by atoms with van der Waals surface area (Å²) in [5.41, 5.74) is -0.0285. The fraction of sp³-hybridized carbons (Fsp3) is 0.917. The molecule has 0 N–H and O–H groups in total. The van der Waals surface area contributed by atoms with Crippen molar-refractivity contribution in [1.82, 2.24) is 0 Å². The first-order valence-electron chi connectivity index (χ1n) is 5.66. The van der Waals surface area contributed by atoms with Crippen molar-refractivity contribution in [2.45, 2.75) is 46.5 Å². The van der Waals surface area contributed by atoms with Crippen molar-refractivity contribution in [2.24, 2.45) is 5.41 Å². The molecule has 0 bridgehead atoms. The molecule has 0 aromatic carbocycles. The smallest absolute Gasteiger partial charge is 0.306 e. The van der Waals surface area contributed by atoms with Gasteiger partial charge in [-0.25, -0.2) is 0 Å². The highest BCUT2D eigenvalue weighted by Gasteiger charge is 2.22. The molecule has 15 heavy (non-hydrogen) atoms.